The molecule has 188 valence electrons. The highest BCUT2D eigenvalue weighted by Crippen LogP contribution is 2.46. The van der Waals surface area contributed by atoms with Gasteiger partial charge < -0.3 is 15.0 Å². The Hall–Kier alpha value is -3.19. The minimum atomic E-state index is -0.152. The molecule has 1 N–H and O–H groups in total. The van der Waals surface area contributed by atoms with E-state index in [9.17, 15) is 9.59 Å². The van der Waals surface area contributed by atoms with Crippen molar-refractivity contribution in [2.24, 2.45) is 17.8 Å². The van der Waals surface area contributed by atoms with Crippen molar-refractivity contribution in [3.8, 4) is 16.2 Å². The summed E-state index contributed by atoms with van der Waals surface area (Å²) < 4.78 is 5.27. The highest BCUT2D eigenvalue weighted by Gasteiger charge is 2.48. The minimum absolute atomic E-state index is 0.0291. The molecule has 2 aliphatic rings. The van der Waals surface area contributed by atoms with Crippen molar-refractivity contribution in [1.29, 1.82) is 0 Å². The lowest BCUT2D eigenvalue weighted by Crippen LogP contribution is -2.46. The van der Waals surface area contributed by atoms with Crippen LogP contribution >= 0.6 is 11.3 Å². The standard InChI is InChI=1S/C29H33N3O3S/c1-17-7-5-8-20(11-17)27-26(31-19(3)36-27)29(34)32-16-22-12-18(2)13-24(22)25(32)15-30-28(33)21-9-6-10-23(14-21)35-4/h5-11,14,18,22,24-25H,12-13,15-16H2,1-4H3,(H,30,33). The van der Waals surface area contributed by atoms with Crippen molar-refractivity contribution in [1.82, 2.24) is 15.2 Å². The van der Waals surface area contributed by atoms with Crippen LogP contribution in [0.15, 0.2) is 48.5 Å². The first kappa shape index (κ1) is 24.5. The van der Waals surface area contributed by atoms with Crippen molar-refractivity contribution in [2.45, 2.75) is 39.7 Å². The van der Waals surface area contributed by atoms with E-state index in [1.807, 2.05) is 36.1 Å². The van der Waals surface area contributed by atoms with Crippen molar-refractivity contribution >= 4 is 23.2 Å². The molecule has 2 fully saturated rings. The fourth-order valence-corrected chi connectivity index (χ4v) is 6.90. The van der Waals surface area contributed by atoms with Gasteiger partial charge in [-0.05, 0) is 68.2 Å². The zero-order chi connectivity index (χ0) is 25.4. The van der Waals surface area contributed by atoms with E-state index in [-0.39, 0.29) is 17.9 Å². The minimum Gasteiger partial charge on any atom is -0.497 e. The van der Waals surface area contributed by atoms with E-state index in [2.05, 4.69) is 31.3 Å². The molecule has 2 aromatic carbocycles. The topological polar surface area (TPSA) is 71.5 Å². The van der Waals surface area contributed by atoms with Crippen molar-refractivity contribution in [3.05, 3.63) is 70.4 Å². The second kappa shape index (κ2) is 10.1. The number of fused-ring (bicyclic) bond motifs is 1. The summed E-state index contributed by atoms with van der Waals surface area (Å²) in [7, 11) is 1.59. The number of nitrogens with one attached hydrogen (secondary N) is 1. The van der Waals surface area contributed by atoms with Crippen LogP contribution in [0.5, 0.6) is 5.75 Å². The average Bonchev–Trinajstić information content (AvgIpc) is 3.54. The molecule has 6 nitrogen and oxygen atoms in total. The van der Waals surface area contributed by atoms with Crippen LogP contribution < -0.4 is 10.1 Å². The second-order valence-corrected chi connectivity index (χ2v) is 11.5. The number of nitrogens with zero attached hydrogens (tertiary/aromatic N) is 2. The van der Waals surface area contributed by atoms with Gasteiger partial charge in [0.2, 0.25) is 0 Å². The predicted octanol–water partition coefficient (Wildman–Crippen LogP) is 5.35. The van der Waals surface area contributed by atoms with Crippen LogP contribution in [0.1, 0.15) is 51.2 Å². The van der Waals surface area contributed by atoms with Crippen molar-refractivity contribution in [3.63, 3.8) is 0 Å². The third-order valence-corrected chi connectivity index (χ3v) is 8.61. The molecule has 5 rings (SSSR count). The maximum atomic E-state index is 14.0. The Labute approximate surface area is 216 Å². The summed E-state index contributed by atoms with van der Waals surface area (Å²) in [6.45, 7) is 7.45. The Morgan fingerprint density at radius 1 is 1.14 bits per heavy atom. The number of thiazole rings is 1. The van der Waals surface area contributed by atoms with Gasteiger partial charge in [-0.1, -0.05) is 42.8 Å². The van der Waals surface area contributed by atoms with Crippen molar-refractivity contribution < 1.29 is 14.3 Å². The average molecular weight is 504 g/mol. The number of hydrogen-bond donors (Lipinski definition) is 1. The van der Waals surface area contributed by atoms with Crippen LogP contribution in [0.25, 0.3) is 10.4 Å². The number of rotatable bonds is 6. The van der Waals surface area contributed by atoms with E-state index in [0.29, 0.717) is 41.3 Å². The lowest BCUT2D eigenvalue weighted by atomic mass is 9.93. The predicted molar refractivity (Wildman–Crippen MR) is 143 cm³/mol. The van der Waals surface area contributed by atoms with Crippen LogP contribution in [-0.4, -0.2) is 47.9 Å². The first-order valence-electron chi connectivity index (χ1n) is 12.6. The third-order valence-electron chi connectivity index (χ3n) is 7.59. The summed E-state index contributed by atoms with van der Waals surface area (Å²) in [5.74, 6) is 1.95. The monoisotopic (exact) mass is 503 g/mol. The smallest absolute Gasteiger partial charge is 0.274 e. The van der Waals surface area contributed by atoms with E-state index in [0.717, 1.165) is 40.4 Å². The molecule has 0 bridgehead atoms. The van der Waals surface area contributed by atoms with Crippen LogP contribution in [0.3, 0.4) is 0 Å². The van der Waals surface area contributed by atoms with E-state index < -0.39 is 0 Å². The summed E-state index contributed by atoms with van der Waals surface area (Å²) in [5, 5.41) is 3.99. The van der Waals surface area contributed by atoms with Gasteiger partial charge in [-0.25, -0.2) is 4.98 Å². The van der Waals surface area contributed by atoms with E-state index in [4.69, 9.17) is 9.72 Å². The molecular weight excluding hydrogens is 470 g/mol. The number of ether oxygens (including phenoxy) is 1. The molecule has 0 radical (unpaired) electrons. The Bertz CT molecular complexity index is 1290. The summed E-state index contributed by atoms with van der Waals surface area (Å²) in [6, 6.07) is 15.3. The van der Waals surface area contributed by atoms with Crippen LogP contribution in [0, 0.1) is 31.6 Å². The first-order chi connectivity index (χ1) is 17.3. The number of methoxy groups -OCH3 is 1. The number of likely N-dealkylation sites (tertiary alicyclic amines) is 1. The van der Waals surface area contributed by atoms with Gasteiger partial charge in [0.25, 0.3) is 11.8 Å². The number of benzene rings is 2. The molecule has 0 spiro atoms. The lowest BCUT2D eigenvalue weighted by Gasteiger charge is -2.28. The Kier molecular flexibility index (Phi) is 6.84. The van der Waals surface area contributed by atoms with Gasteiger partial charge in [-0.15, -0.1) is 11.3 Å². The van der Waals surface area contributed by atoms with E-state index in [1.165, 1.54) is 0 Å². The number of carbonyl (C=O) groups is 2. The van der Waals surface area contributed by atoms with Gasteiger partial charge in [-0.3, -0.25) is 9.59 Å². The molecule has 36 heavy (non-hydrogen) atoms. The normalized spacial score (nSPS) is 22.9. The summed E-state index contributed by atoms with van der Waals surface area (Å²) in [5.41, 5.74) is 3.26. The number of hydrogen-bond acceptors (Lipinski definition) is 5. The maximum Gasteiger partial charge on any atom is 0.274 e. The Morgan fingerprint density at radius 2 is 1.94 bits per heavy atom. The molecule has 2 amide bonds. The molecule has 2 heterocycles. The van der Waals surface area contributed by atoms with E-state index >= 15 is 0 Å². The number of aryl methyl sites for hydroxylation is 2. The molecule has 4 unspecified atom stereocenters. The van der Waals surface area contributed by atoms with Crippen LogP contribution in [0.2, 0.25) is 0 Å². The Balaban J connectivity index is 1.40. The lowest BCUT2D eigenvalue weighted by molar-refractivity contribution is 0.0692. The van der Waals surface area contributed by atoms with Gasteiger partial charge in [0.05, 0.1) is 23.0 Å². The Morgan fingerprint density at radius 3 is 2.72 bits per heavy atom. The van der Waals surface area contributed by atoms with Gasteiger partial charge in [-0.2, -0.15) is 0 Å². The summed E-state index contributed by atoms with van der Waals surface area (Å²) in [6.07, 6.45) is 2.20. The molecular formula is C29H33N3O3S. The number of aromatic nitrogens is 1. The summed E-state index contributed by atoms with van der Waals surface area (Å²) >= 11 is 1.57. The van der Waals surface area contributed by atoms with Gasteiger partial charge in [0.1, 0.15) is 11.4 Å². The molecule has 1 aromatic heterocycles. The largest absolute Gasteiger partial charge is 0.497 e. The summed E-state index contributed by atoms with van der Waals surface area (Å²) in [4.78, 5) is 34.6. The second-order valence-electron chi connectivity index (χ2n) is 10.2. The fourth-order valence-electron chi connectivity index (χ4n) is 5.99. The highest BCUT2D eigenvalue weighted by molar-refractivity contribution is 7.15. The zero-order valence-electron chi connectivity index (χ0n) is 21.3. The highest BCUT2D eigenvalue weighted by atomic mass is 32.1. The van der Waals surface area contributed by atoms with Gasteiger partial charge in [0.15, 0.2) is 0 Å². The zero-order valence-corrected chi connectivity index (χ0v) is 22.1. The quantitative estimate of drug-likeness (QED) is 0.492. The maximum absolute atomic E-state index is 14.0. The van der Waals surface area contributed by atoms with Gasteiger partial charge >= 0.3 is 0 Å². The first-order valence-corrected chi connectivity index (χ1v) is 13.4. The SMILES string of the molecule is COc1cccc(C(=O)NCC2C3CC(C)CC3CN2C(=O)c2nc(C)sc2-c2cccc(C)c2)c1. The molecule has 4 atom stereocenters. The van der Waals surface area contributed by atoms with Crippen LogP contribution in [-0.2, 0) is 0 Å². The molecule has 1 aliphatic heterocycles. The molecule has 1 saturated heterocycles. The number of amides is 2. The van der Waals surface area contributed by atoms with Gasteiger partial charge in [0, 0.05) is 18.7 Å². The third kappa shape index (κ3) is 4.76. The fraction of sp³-hybridized carbons (Fsp3) is 0.414. The molecule has 3 aromatic rings. The molecule has 1 saturated carbocycles. The van der Waals surface area contributed by atoms with Crippen molar-refractivity contribution in [2.75, 3.05) is 20.2 Å². The van der Waals surface area contributed by atoms with Crippen LogP contribution in [0.4, 0.5) is 0 Å². The van der Waals surface area contributed by atoms with E-state index in [1.54, 1.807) is 30.6 Å². The molecule has 7 heteroatoms. The number of carbonyl (C=O) groups excluding carboxylic acids is 2. The molecule has 1 aliphatic carbocycles.